The van der Waals surface area contributed by atoms with Gasteiger partial charge >= 0.3 is 0 Å². The fourth-order valence-electron chi connectivity index (χ4n) is 3.02. The molecular weight excluding hydrogens is 412 g/mol. The summed E-state index contributed by atoms with van der Waals surface area (Å²) in [6, 6.07) is 13.6. The molecule has 0 atom stereocenters. The molecule has 0 saturated carbocycles. The Morgan fingerprint density at radius 1 is 0.968 bits per heavy atom. The molecule has 0 unspecified atom stereocenters. The van der Waals surface area contributed by atoms with E-state index in [2.05, 4.69) is 5.32 Å². The molecule has 0 saturated heterocycles. The Morgan fingerprint density at radius 2 is 1.52 bits per heavy atom. The lowest BCUT2D eigenvalue weighted by Crippen LogP contribution is -2.37. The summed E-state index contributed by atoms with van der Waals surface area (Å²) < 4.78 is 32.8. The van der Waals surface area contributed by atoms with Crippen LogP contribution in [0.3, 0.4) is 0 Å². The number of ether oxygens (including phenoxy) is 1. The van der Waals surface area contributed by atoms with E-state index < -0.39 is 10.0 Å². The third-order valence-electron chi connectivity index (χ3n) is 4.44. The number of carbonyl (C=O) groups excluding carboxylic acids is 1. The highest BCUT2D eigenvalue weighted by atomic mass is 32.2. The van der Waals surface area contributed by atoms with Gasteiger partial charge in [-0.1, -0.05) is 39.8 Å². The molecule has 1 N–H and O–H groups in total. The predicted molar refractivity (Wildman–Crippen MR) is 126 cm³/mol. The lowest BCUT2D eigenvalue weighted by atomic mass is 10.2. The van der Waals surface area contributed by atoms with E-state index in [0.29, 0.717) is 18.8 Å². The molecule has 168 valence electrons. The Balaban J connectivity index is 2.07. The molecule has 2 aromatic rings. The molecule has 7 heteroatoms. The number of anilines is 1. The molecule has 2 aromatic carbocycles. The molecule has 0 aliphatic heterocycles. The van der Waals surface area contributed by atoms with Gasteiger partial charge in [0.1, 0.15) is 5.75 Å². The molecule has 6 nitrogen and oxygen atoms in total. The number of nitrogens with one attached hydrogen (secondary N) is 1. The summed E-state index contributed by atoms with van der Waals surface area (Å²) in [5, 5.41) is 2.75. The number of sulfonamides is 1. The number of hydrogen-bond donors (Lipinski definition) is 1. The highest BCUT2D eigenvalue weighted by Gasteiger charge is 2.25. The standard InChI is InChI=1S/C24H32N2O4S/c1-18(2)16-26(17-19(3)4)31(28,29)23-13-9-21(10-14-23)25-24(27)15-8-20-6-11-22(30-5)12-7-20/h6-15,18-19H,16-17H2,1-5H3,(H,25,27)/b15-8+. The SMILES string of the molecule is COc1ccc(/C=C/C(=O)Nc2ccc(S(=O)(=O)N(CC(C)C)CC(C)C)cc2)cc1. The van der Waals surface area contributed by atoms with Crippen molar-refractivity contribution < 1.29 is 17.9 Å². The number of rotatable bonds is 10. The Kier molecular flexibility index (Phi) is 8.83. The van der Waals surface area contributed by atoms with Gasteiger partial charge in [-0.05, 0) is 59.9 Å². The minimum absolute atomic E-state index is 0.223. The van der Waals surface area contributed by atoms with Crippen molar-refractivity contribution >= 4 is 27.7 Å². The summed E-state index contributed by atoms with van der Waals surface area (Å²) in [6.07, 6.45) is 3.13. The van der Waals surface area contributed by atoms with Crippen molar-refractivity contribution in [3.05, 3.63) is 60.2 Å². The first kappa shape index (κ1) is 24.6. The smallest absolute Gasteiger partial charge is 0.248 e. The van der Waals surface area contributed by atoms with Crippen LogP contribution in [-0.2, 0) is 14.8 Å². The van der Waals surface area contributed by atoms with Gasteiger partial charge in [-0.15, -0.1) is 0 Å². The molecule has 2 rings (SSSR count). The Labute approximate surface area is 186 Å². The number of nitrogens with zero attached hydrogens (tertiary/aromatic N) is 1. The maximum Gasteiger partial charge on any atom is 0.248 e. The van der Waals surface area contributed by atoms with Gasteiger partial charge in [0.2, 0.25) is 15.9 Å². The second-order valence-electron chi connectivity index (χ2n) is 8.23. The zero-order valence-electron chi connectivity index (χ0n) is 18.8. The molecule has 0 bridgehead atoms. The first-order valence-electron chi connectivity index (χ1n) is 10.3. The van der Waals surface area contributed by atoms with E-state index in [1.165, 1.54) is 22.5 Å². The van der Waals surface area contributed by atoms with Crippen molar-refractivity contribution in [2.45, 2.75) is 32.6 Å². The summed E-state index contributed by atoms with van der Waals surface area (Å²) in [5.41, 5.74) is 1.40. The van der Waals surface area contributed by atoms with Crippen LogP contribution >= 0.6 is 0 Å². The number of methoxy groups -OCH3 is 1. The third-order valence-corrected chi connectivity index (χ3v) is 6.29. The van der Waals surface area contributed by atoms with E-state index in [1.54, 1.807) is 25.3 Å². The van der Waals surface area contributed by atoms with Crippen molar-refractivity contribution in [1.29, 1.82) is 0 Å². The van der Waals surface area contributed by atoms with E-state index in [0.717, 1.165) is 11.3 Å². The monoisotopic (exact) mass is 444 g/mol. The van der Waals surface area contributed by atoms with E-state index in [-0.39, 0.29) is 22.6 Å². The second-order valence-corrected chi connectivity index (χ2v) is 10.2. The van der Waals surface area contributed by atoms with Crippen LogP contribution in [0.1, 0.15) is 33.3 Å². The van der Waals surface area contributed by atoms with Gasteiger partial charge < -0.3 is 10.1 Å². The molecular formula is C24H32N2O4S. The van der Waals surface area contributed by atoms with Crippen LogP contribution in [0, 0.1) is 11.8 Å². The average Bonchev–Trinajstić information content (AvgIpc) is 2.72. The highest BCUT2D eigenvalue weighted by Crippen LogP contribution is 2.21. The second kappa shape index (κ2) is 11.1. The number of hydrogen-bond acceptors (Lipinski definition) is 4. The maximum atomic E-state index is 13.1. The predicted octanol–water partition coefficient (Wildman–Crippen LogP) is 4.65. The third kappa shape index (κ3) is 7.52. The Hall–Kier alpha value is -2.64. The largest absolute Gasteiger partial charge is 0.497 e. The van der Waals surface area contributed by atoms with E-state index in [9.17, 15) is 13.2 Å². The van der Waals surface area contributed by atoms with Gasteiger partial charge in [-0.2, -0.15) is 4.31 Å². The molecule has 0 aliphatic rings. The summed E-state index contributed by atoms with van der Waals surface area (Å²) in [7, 11) is -1.99. The van der Waals surface area contributed by atoms with Gasteiger partial charge in [0.05, 0.1) is 12.0 Å². The molecule has 0 aliphatic carbocycles. The molecule has 0 radical (unpaired) electrons. The van der Waals surface area contributed by atoms with Crippen LogP contribution in [0.25, 0.3) is 6.08 Å². The zero-order valence-corrected chi connectivity index (χ0v) is 19.6. The van der Waals surface area contributed by atoms with Crippen LogP contribution in [0.4, 0.5) is 5.69 Å². The number of benzene rings is 2. The molecule has 31 heavy (non-hydrogen) atoms. The van der Waals surface area contributed by atoms with Crippen LogP contribution in [0.15, 0.2) is 59.5 Å². The van der Waals surface area contributed by atoms with Gasteiger partial charge in [0, 0.05) is 24.9 Å². The Bertz CT molecular complexity index is 969. The fraction of sp³-hybridized carbons (Fsp3) is 0.375. The normalized spacial score (nSPS) is 12.1. The molecule has 0 spiro atoms. The summed E-state index contributed by atoms with van der Waals surface area (Å²) in [6.45, 7) is 8.94. The number of amides is 1. The summed E-state index contributed by atoms with van der Waals surface area (Å²) in [5.74, 6) is 0.902. The quantitative estimate of drug-likeness (QED) is 0.541. The summed E-state index contributed by atoms with van der Waals surface area (Å²) >= 11 is 0. The fourth-order valence-corrected chi connectivity index (χ4v) is 4.78. The van der Waals surface area contributed by atoms with Crippen molar-refractivity contribution in [1.82, 2.24) is 4.31 Å². The minimum atomic E-state index is -3.59. The van der Waals surface area contributed by atoms with Crippen molar-refractivity contribution in [2.75, 3.05) is 25.5 Å². The number of carbonyl (C=O) groups is 1. The molecule has 0 fully saturated rings. The maximum absolute atomic E-state index is 13.1. The minimum Gasteiger partial charge on any atom is -0.497 e. The van der Waals surface area contributed by atoms with Crippen LogP contribution in [0.5, 0.6) is 5.75 Å². The van der Waals surface area contributed by atoms with Crippen LogP contribution in [-0.4, -0.2) is 38.8 Å². The lowest BCUT2D eigenvalue weighted by molar-refractivity contribution is -0.111. The van der Waals surface area contributed by atoms with Crippen molar-refractivity contribution in [3.8, 4) is 5.75 Å². The van der Waals surface area contributed by atoms with E-state index in [4.69, 9.17) is 4.74 Å². The molecule has 0 heterocycles. The highest BCUT2D eigenvalue weighted by molar-refractivity contribution is 7.89. The van der Waals surface area contributed by atoms with Crippen LogP contribution in [0.2, 0.25) is 0 Å². The molecule has 0 aromatic heterocycles. The van der Waals surface area contributed by atoms with Crippen molar-refractivity contribution in [3.63, 3.8) is 0 Å². The van der Waals surface area contributed by atoms with E-state index >= 15 is 0 Å². The zero-order chi connectivity index (χ0) is 23.0. The van der Waals surface area contributed by atoms with Gasteiger partial charge in [-0.25, -0.2) is 8.42 Å². The summed E-state index contributed by atoms with van der Waals surface area (Å²) in [4.78, 5) is 12.4. The van der Waals surface area contributed by atoms with Gasteiger partial charge in [-0.3, -0.25) is 4.79 Å². The van der Waals surface area contributed by atoms with E-state index in [1.807, 2.05) is 52.0 Å². The topological polar surface area (TPSA) is 75.7 Å². The lowest BCUT2D eigenvalue weighted by Gasteiger charge is -2.25. The average molecular weight is 445 g/mol. The Morgan fingerprint density at radius 3 is 2.00 bits per heavy atom. The molecule has 1 amide bonds. The first-order valence-corrected chi connectivity index (χ1v) is 11.8. The van der Waals surface area contributed by atoms with Gasteiger partial charge in [0.15, 0.2) is 0 Å². The van der Waals surface area contributed by atoms with Gasteiger partial charge in [0.25, 0.3) is 0 Å². The van der Waals surface area contributed by atoms with Crippen LogP contribution < -0.4 is 10.1 Å². The van der Waals surface area contributed by atoms with Crippen molar-refractivity contribution in [2.24, 2.45) is 11.8 Å². The first-order chi connectivity index (χ1) is 14.6.